The van der Waals surface area contributed by atoms with Crippen LogP contribution in [0.3, 0.4) is 0 Å². The van der Waals surface area contributed by atoms with Crippen LogP contribution in [0.25, 0.3) is 16.8 Å². The molecule has 0 saturated carbocycles. The predicted octanol–water partition coefficient (Wildman–Crippen LogP) is 0.671. The second-order valence-electron chi connectivity index (χ2n) is 9.45. The molecule has 21 heteroatoms. The van der Waals surface area contributed by atoms with Crippen molar-refractivity contribution in [1.29, 1.82) is 0 Å². The van der Waals surface area contributed by atoms with E-state index < -0.39 is 58.8 Å². The average molecular weight is 608 g/mol. The van der Waals surface area contributed by atoms with E-state index in [1.807, 2.05) is 0 Å². The van der Waals surface area contributed by atoms with E-state index >= 15 is 0 Å². The number of imidazole rings is 2. The van der Waals surface area contributed by atoms with Gasteiger partial charge in [-0.25, -0.2) is 19.5 Å². The van der Waals surface area contributed by atoms with E-state index in [-0.39, 0.29) is 49.0 Å². The van der Waals surface area contributed by atoms with E-state index in [2.05, 4.69) is 30.0 Å². The molecule has 0 radical (unpaired) electrons. The van der Waals surface area contributed by atoms with Crippen LogP contribution in [0, 0.1) is 0 Å². The standard InChI is InChI=1S/C20H21N10O9P2/c21-15-17-23-3-9(30(17)26-6-24-15)10-2-11-13(37-10)5-35-41(33)39-12-1-8(4-34-40(32)38-11)36-19(12)29-7-25-14-16(29)27-20(22)28-18(14)31/h3,6-8,10-13,19H,1-2,4-5H2,(H4-,21,22,24,26,27,28,31)/q+1/p+1/t8-,10+,11-,12+,13+,19+/m0/s1. The van der Waals surface area contributed by atoms with Gasteiger partial charge in [0.1, 0.15) is 37.9 Å². The van der Waals surface area contributed by atoms with Gasteiger partial charge in [-0.05, 0) is 0 Å². The summed E-state index contributed by atoms with van der Waals surface area (Å²) in [5.41, 5.74) is 12.2. The smallest absolute Gasteiger partial charge is 0.381 e. The number of nitrogen functional groups attached to an aromatic ring is 2. The SMILES string of the molecule is Nc1nc2c(ncn2[C@@H]2O[C@@H]3CO[P+](=O)O[C@H]4C[C@H](c5cnc6c(N)ncnn56)O[C@@H]4CO[P+](=O)O[C@@H]2C3)c(=O)[nH]1. The Morgan fingerprint density at radius 2 is 1.76 bits per heavy atom. The number of aromatic amines is 1. The quantitative estimate of drug-likeness (QED) is 0.265. The van der Waals surface area contributed by atoms with E-state index in [4.69, 9.17) is 39.0 Å². The van der Waals surface area contributed by atoms with Gasteiger partial charge >= 0.3 is 16.5 Å². The molecule has 4 aromatic rings. The number of H-pyrrole nitrogens is 1. The summed E-state index contributed by atoms with van der Waals surface area (Å²) >= 11 is 0. The number of hydrogen-bond donors (Lipinski definition) is 3. The summed E-state index contributed by atoms with van der Waals surface area (Å²) in [5, 5.41) is 4.18. The third-order valence-electron chi connectivity index (χ3n) is 6.91. The number of aromatic nitrogens is 8. The topological polar surface area (TPSA) is 248 Å². The molecule has 3 saturated heterocycles. The largest absolute Gasteiger partial charge is 0.697 e. The van der Waals surface area contributed by atoms with Gasteiger partial charge in [0.05, 0.1) is 24.3 Å². The van der Waals surface area contributed by atoms with Crippen molar-refractivity contribution in [1.82, 2.24) is 39.1 Å². The third-order valence-corrected chi connectivity index (χ3v) is 8.52. The summed E-state index contributed by atoms with van der Waals surface area (Å²) in [4.78, 5) is 31.0. The molecular weight excluding hydrogens is 586 g/mol. The van der Waals surface area contributed by atoms with Gasteiger partial charge in [0, 0.05) is 22.0 Å². The van der Waals surface area contributed by atoms with Crippen molar-refractivity contribution < 1.29 is 36.7 Å². The van der Waals surface area contributed by atoms with Crippen LogP contribution in [0.2, 0.25) is 0 Å². The maximum absolute atomic E-state index is 12.9. The summed E-state index contributed by atoms with van der Waals surface area (Å²) in [5.74, 6) is 0.0801. The molecule has 0 amide bonds. The van der Waals surface area contributed by atoms with Gasteiger partial charge in [-0.2, -0.15) is 10.1 Å². The molecule has 5 N–H and O–H groups in total. The van der Waals surface area contributed by atoms with E-state index in [1.54, 1.807) is 6.20 Å². The number of anilines is 2. The maximum Gasteiger partial charge on any atom is 0.697 e. The van der Waals surface area contributed by atoms with E-state index in [1.165, 1.54) is 21.7 Å². The molecule has 0 aliphatic carbocycles. The molecule has 8 atom stereocenters. The van der Waals surface area contributed by atoms with Crippen molar-refractivity contribution in [3.63, 3.8) is 0 Å². The Kier molecular flexibility index (Phi) is 6.67. The maximum atomic E-state index is 12.9. The number of ether oxygens (including phenoxy) is 2. The molecule has 2 unspecified atom stereocenters. The van der Waals surface area contributed by atoms with Crippen molar-refractivity contribution >= 4 is 45.1 Å². The molecule has 7 heterocycles. The molecule has 0 spiro atoms. The van der Waals surface area contributed by atoms with Crippen LogP contribution in [0.4, 0.5) is 11.8 Å². The second kappa shape index (κ2) is 10.4. The molecule has 0 aromatic carbocycles. The van der Waals surface area contributed by atoms with Crippen molar-refractivity contribution in [3.05, 3.63) is 34.9 Å². The van der Waals surface area contributed by atoms with E-state index in [9.17, 15) is 13.9 Å². The first-order valence-electron chi connectivity index (χ1n) is 12.4. The molecule has 3 aliphatic heterocycles. The lowest BCUT2D eigenvalue weighted by Gasteiger charge is -2.17. The van der Waals surface area contributed by atoms with E-state index in [0.717, 1.165) is 0 Å². The lowest BCUT2D eigenvalue weighted by Crippen LogP contribution is -2.27. The van der Waals surface area contributed by atoms with Crippen molar-refractivity contribution in [2.75, 3.05) is 24.7 Å². The third kappa shape index (κ3) is 4.85. The number of nitrogens with one attached hydrogen (secondary N) is 1. The summed E-state index contributed by atoms with van der Waals surface area (Å²) < 4.78 is 63.3. The Labute approximate surface area is 230 Å². The minimum absolute atomic E-state index is 0.0341. The molecule has 19 nitrogen and oxygen atoms in total. The van der Waals surface area contributed by atoms with Gasteiger partial charge in [0.2, 0.25) is 5.95 Å². The fourth-order valence-corrected chi connectivity index (χ4v) is 6.62. The fourth-order valence-electron chi connectivity index (χ4n) is 5.09. The second-order valence-corrected chi connectivity index (χ2v) is 11.3. The Morgan fingerprint density at radius 1 is 0.951 bits per heavy atom. The summed E-state index contributed by atoms with van der Waals surface area (Å²) in [6.07, 6.45) is 0.131. The lowest BCUT2D eigenvalue weighted by atomic mass is 10.1. The van der Waals surface area contributed by atoms with Crippen LogP contribution in [0.5, 0.6) is 0 Å². The number of fused-ring (bicyclic) bond motifs is 5. The zero-order valence-corrected chi connectivity index (χ0v) is 22.7. The van der Waals surface area contributed by atoms with Crippen molar-refractivity contribution in [2.45, 2.75) is 49.6 Å². The molecule has 4 aromatic heterocycles. The molecular formula is C20H22N10O9P2+2. The van der Waals surface area contributed by atoms with Gasteiger partial charge < -0.3 is 20.9 Å². The molecule has 2 bridgehead atoms. The van der Waals surface area contributed by atoms with Crippen LogP contribution in [0.1, 0.15) is 30.9 Å². The molecule has 7 rings (SSSR count). The average Bonchev–Trinajstić information content (AvgIpc) is 3.71. The van der Waals surface area contributed by atoms with Crippen LogP contribution in [-0.4, -0.2) is 76.7 Å². The zero-order valence-electron chi connectivity index (χ0n) is 20.9. The van der Waals surface area contributed by atoms with Gasteiger partial charge in [-0.3, -0.25) is 14.3 Å². The minimum atomic E-state index is -2.68. The van der Waals surface area contributed by atoms with Crippen LogP contribution >= 0.6 is 16.5 Å². The zero-order chi connectivity index (χ0) is 28.2. The summed E-state index contributed by atoms with van der Waals surface area (Å²) in [7, 11) is -5.28. The van der Waals surface area contributed by atoms with Crippen molar-refractivity contribution in [2.24, 2.45) is 0 Å². The predicted molar refractivity (Wildman–Crippen MR) is 135 cm³/mol. The minimum Gasteiger partial charge on any atom is -0.381 e. The highest BCUT2D eigenvalue weighted by Gasteiger charge is 2.49. The molecule has 41 heavy (non-hydrogen) atoms. The molecule has 214 valence electrons. The number of rotatable bonds is 2. The van der Waals surface area contributed by atoms with Gasteiger partial charge in [-0.15, -0.1) is 18.1 Å². The normalized spacial score (nSPS) is 31.1. The Morgan fingerprint density at radius 3 is 2.61 bits per heavy atom. The van der Waals surface area contributed by atoms with Crippen molar-refractivity contribution in [3.8, 4) is 0 Å². The van der Waals surface area contributed by atoms with E-state index in [0.29, 0.717) is 11.3 Å². The van der Waals surface area contributed by atoms with Gasteiger partial charge in [0.25, 0.3) is 5.56 Å². The van der Waals surface area contributed by atoms with Gasteiger partial charge in [-0.1, -0.05) is 0 Å². The van der Waals surface area contributed by atoms with Crippen LogP contribution < -0.4 is 17.0 Å². The highest BCUT2D eigenvalue weighted by Crippen LogP contribution is 2.44. The highest BCUT2D eigenvalue weighted by atomic mass is 31.1. The summed E-state index contributed by atoms with van der Waals surface area (Å²) in [6.45, 7) is -0.340. The Balaban J connectivity index is 1.12. The monoisotopic (exact) mass is 608 g/mol. The number of hydrogen-bond acceptors (Lipinski definition) is 16. The van der Waals surface area contributed by atoms with Gasteiger partial charge in [0.15, 0.2) is 35.0 Å². The van der Waals surface area contributed by atoms with Crippen LogP contribution in [0.15, 0.2) is 23.6 Å². The lowest BCUT2D eigenvalue weighted by molar-refractivity contribution is -0.0502. The Bertz CT molecular complexity index is 1730. The fraction of sp³-hybridized carbons (Fsp3) is 0.500. The number of nitrogens with two attached hydrogens (primary N) is 2. The molecule has 3 fully saturated rings. The first kappa shape index (κ1) is 26.4. The number of nitrogens with zero attached hydrogens (tertiary/aromatic N) is 7. The first-order valence-corrected chi connectivity index (χ1v) is 14.5. The molecule has 3 aliphatic rings. The first-order chi connectivity index (χ1) is 19.8. The highest BCUT2D eigenvalue weighted by molar-refractivity contribution is 7.33. The Hall–Kier alpha value is -3.54. The summed E-state index contributed by atoms with van der Waals surface area (Å²) in [6, 6.07) is 0. The van der Waals surface area contributed by atoms with Crippen LogP contribution in [-0.2, 0) is 36.7 Å².